The SMILES string of the molecule is Cc1cc(C)c(Nc2ccc(NC(=O)OC(C)(C)C)cn2)c(Cl)c1. The molecule has 0 spiro atoms. The first kappa shape index (κ1) is 18.1. The van der Waals surface area contributed by atoms with Gasteiger partial charge in [0.25, 0.3) is 0 Å². The molecule has 0 saturated carbocycles. The lowest BCUT2D eigenvalue weighted by Crippen LogP contribution is -2.27. The first-order chi connectivity index (χ1) is 11.1. The largest absolute Gasteiger partial charge is 0.444 e. The van der Waals surface area contributed by atoms with Crippen molar-refractivity contribution in [1.29, 1.82) is 0 Å². The second-order valence-corrected chi connectivity index (χ2v) is 7.03. The van der Waals surface area contributed by atoms with E-state index in [1.54, 1.807) is 18.3 Å². The van der Waals surface area contributed by atoms with E-state index in [1.165, 1.54) is 0 Å². The first-order valence-corrected chi connectivity index (χ1v) is 8.02. The molecule has 2 N–H and O–H groups in total. The van der Waals surface area contributed by atoms with Gasteiger partial charge in [-0.1, -0.05) is 17.7 Å². The maximum atomic E-state index is 11.7. The van der Waals surface area contributed by atoms with Crippen LogP contribution in [0.1, 0.15) is 31.9 Å². The van der Waals surface area contributed by atoms with Gasteiger partial charge in [-0.15, -0.1) is 0 Å². The molecule has 0 aliphatic rings. The molecule has 2 aromatic rings. The Morgan fingerprint density at radius 2 is 1.92 bits per heavy atom. The van der Waals surface area contributed by atoms with Crippen LogP contribution >= 0.6 is 11.6 Å². The van der Waals surface area contributed by atoms with Gasteiger partial charge in [-0.2, -0.15) is 0 Å². The fourth-order valence-corrected chi connectivity index (χ4v) is 2.53. The van der Waals surface area contributed by atoms with E-state index >= 15 is 0 Å². The molecule has 0 aliphatic carbocycles. The number of benzene rings is 1. The second-order valence-electron chi connectivity index (χ2n) is 6.62. The van der Waals surface area contributed by atoms with Gasteiger partial charge >= 0.3 is 6.09 Å². The molecule has 5 nitrogen and oxygen atoms in total. The minimum absolute atomic E-state index is 0.512. The van der Waals surface area contributed by atoms with Gasteiger partial charge in [0, 0.05) is 0 Å². The maximum Gasteiger partial charge on any atom is 0.412 e. The predicted octanol–water partition coefficient (Wildman–Crippen LogP) is 5.44. The highest BCUT2D eigenvalue weighted by atomic mass is 35.5. The van der Waals surface area contributed by atoms with Crippen molar-refractivity contribution in [3.8, 4) is 0 Å². The molecule has 0 atom stereocenters. The van der Waals surface area contributed by atoms with Crippen LogP contribution in [0.15, 0.2) is 30.5 Å². The number of amides is 1. The average Bonchev–Trinajstić information content (AvgIpc) is 2.42. The molecule has 1 aromatic heterocycles. The van der Waals surface area contributed by atoms with E-state index in [2.05, 4.69) is 15.6 Å². The van der Waals surface area contributed by atoms with Crippen molar-refractivity contribution in [2.75, 3.05) is 10.6 Å². The van der Waals surface area contributed by atoms with E-state index in [1.807, 2.05) is 46.8 Å². The van der Waals surface area contributed by atoms with E-state index in [4.69, 9.17) is 16.3 Å². The fraction of sp³-hybridized carbons (Fsp3) is 0.333. The number of ether oxygens (including phenoxy) is 1. The second kappa shape index (κ2) is 7.09. The summed E-state index contributed by atoms with van der Waals surface area (Å²) in [5.41, 5.74) is 2.98. The molecular formula is C18H22ClN3O2. The van der Waals surface area contributed by atoms with Crippen LogP contribution in [0.3, 0.4) is 0 Å². The van der Waals surface area contributed by atoms with Crippen LogP contribution in [-0.2, 0) is 4.74 Å². The number of pyridine rings is 1. The summed E-state index contributed by atoms with van der Waals surface area (Å²) < 4.78 is 5.20. The molecule has 0 bridgehead atoms. The quantitative estimate of drug-likeness (QED) is 0.775. The minimum Gasteiger partial charge on any atom is -0.444 e. The van der Waals surface area contributed by atoms with Crippen molar-refractivity contribution in [2.45, 2.75) is 40.2 Å². The Hall–Kier alpha value is -2.27. The Bertz CT molecular complexity index is 714. The number of nitrogens with zero attached hydrogens (tertiary/aromatic N) is 1. The van der Waals surface area contributed by atoms with E-state index in [0.29, 0.717) is 16.5 Å². The van der Waals surface area contributed by atoms with Gasteiger partial charge in [0.1, 0.15) is 11.4 Å². The standard InChI is InChI=1S/C18H22ClN3O2/c1-11-8-12(2)16(14(19)9-11)22-15-7-6-13(10-20-15)21-17(23)24-18(3,4)5/h6-10H,1-5H3,(H,20,22)(H,21,23). The summed E-state index contributed by atoms with van der Waals surface area (Å²) in [6, 6.07) is 7.46. The predicted molar refractivity (Wildman–Crippen MR) is 98.3 cm³/mol. The smallest absolute Gasteiger partial charge is 0.412 e. The molecule has 2 rings (SSSR count). The van der Waals surface area contributed by atoms with Crippen LogP contribution in [0.25, 0.3) is 0 Å². The van der Waals surface area contributed by atoms with E-state index in [0.717, 1.165) is 16.8 Å². The summed E-state index contributed by atoms with van der Waals surface area (Å²) in [6.07, 6.45) is 1.05. The van der Waals surface area contributed by atoms with Crippen molar-refractivity contribution in [3.63, 3.8) is 0 Å². The molecule has 1 amide bonds. The van der Waals surface area contributed by atoms with Gasteiger partial charge in [-0.05, 0) is 63.9 Å². The summed E-state index contributed by atoms with van der Waals surface area (Å²) in [5, 5.41) is 6.49. The van der Waals surface area contributed by atoms with Crippen LogP contribution in [0.2, 0.25) is 5.02 Å². The molecule has 6 heteroatoms. The highest BCUT2D eigenvalue weighted by molar-refractivity contribution is 6.33. The van der Waals surface area contributed by atoms with Crippen molar-refractivity contribution >= 4 is 34.9 Å². The topological polar surface area (TPSA) is 63.2 Å². The molecule has 0 fully saturated rings. The van der Waals surface area contributed by atoms with Gasteiger partial charge in [-0.25, -0.2) is 9.78 Å². The van der Waals surface area contributed by atoms with Crippen LogP contribution in [-0.4, -0.2) is 16.7 Å². The third kappa shape index (κ3) is 5.13. The van der Waals surface area contributed by atoms with Gasteiger partial charge in [0.05, 0.1) is 22.6 Å². The average molecular weight is 348 g/mol. The van der Waals surface area contributed by atoms with Crippen molar-refractivity contribution in [3.05, 3.63) is 46.6 Å². The Morgan fingerprint density at radius 1 is 1.21 bits per heavy atom. The molecule has 0 saturated heterocycles. The Balaban J connectivity index is 2.06. The minimum atomic E-state index is -0.543. The lowest BCUT2D eigenvalue weighted by Gasteiger charge is -2.19. The van der Waals surface area contributed by atoms with Crippen molar-refractivity contribution in [1.82, 2.24) is 4.98 Å². The molecule has 1 aromatic carbocycles. The summed E-state index contributed by atoms with van der Waals surface area (Å²) in [7, 11) is 0. The number of aromatic nitrogens is 1. The first-order valence-electron chi connectivity index (χ1n) is 7.64. The number of carbonyl (C=O) groups is 1. The summed E-state index contributed by atoms with van der Waals surface area (Å²) >= 11 is 6.28. The normalized spacial score (nSPS) is 11.1. The van der Waals surface area contributed by atoms with Crippen LogP contribution in [0.5, 0.6) is 0 Å². The monoisotopic (exact) mass is 347 g/mol. The van der Waals surface area contributed by atoms with Gasteiger partial charge in [-0.3, -0.25) is 5.32 Å². The lowest BCUT2D eigenvalue weighted by molar-refractivity contribution is 0.0636. The van der Waals surface area contributed by atoms with Gasteiger partial charge in [0.2, 0.25) is 0 Å². The summed E-state index contributed by atoms with van der Waals surface area (Å²) in [6.45, 7) is 9.42. The maximum absolute atomic E-state index is 11.7. The molecule has 1 heterocycles. The van der Waals surface area contributed by atoms with Crippen LogP contribution in [0.4, 0.5) is 22.0 Å². The van der Waals surface area contributed by atoms with Gasteiger partial charge in [0.15, 0.2) is 0 Å². The number of nitrogens with one attached hydrogen (secondary N) is 2. The molecule has 0 unspecified atom stereocenters. The van der Waals surface area contributed by atoms with Crippen LogP contribution < -0.4 is 10.6 Å². The molecule has 128 valence electrons. The zero-order valence-corrected chi connectivity index (χ0v) is 15.3. The Labute approximate surface area is 147 Å². The molecule has 0 radical (unpaired) electrons. The number of aryl methyl sites for hydroxylation is 2. The molecule has 0 aliphatic heterocycles. The Morgan fingerprint density at radius 3 is 2.46 bits per heavy atom. The van der Waals surface area contributed by atoms with Gasteiger partial charge < -0.3 is 10.1 Å². The zero-order chi connectivity index (χ0) is 17.9. The number of halogens is 1. The zero-order valence-electron chi connectivity index (χ0n) is 14.5. The summed E-state index contributed by atoms with van der Waals surface area (Å²) in [5.74, 6) is 0.638. The number of hydrogen-bond acceptors (Lipinski definition) is 4. The highest BCUT2D eigenvalue weighted by Crippen LogP contribution is 2.29. The number of rotatable bonds is 3. The molecule has 24 heavy (non-hydrogen) atoms. The van der Waals surface area contributed by atoms with E-state index < -0.39 is 11.7 Å². The third-order valence-electron chi connectivity index (χ3n) is 3.09. The highest BCUT2D eigenvalue weighted by Gasteiger charge is 2.16. The summed E-state index contributed by atoms with van der Waals surface area (Å²) in [4.78, 5) is 16.0. The van der Waals surface area contributed by atoms with E-state index in [9.17, 15) is 4.79 Å². The van der Waals surface area contributed by atoms with Crippen LogP contribution in [0, 0.1) is 13.8 Å². The number of hydrogen-bond donors (Lipinski definition) is 2. The fourth-order valence-electron chi connectivity index (χ4n) is 2.17. The Kier molecular flexibility index (Phi) is 5.34. The third-order valence-corrected chi connectivity index (χ3v) is 3.39. The van der Waals surface area contributed by atoms with Crippen molar-refractivity contribution < 1.29 is 9.53 Å². The van der Waals surface area contributed by atoms with Crippen molar-refractivity contribution in [2.24, 2.45) is 0 Å². The lowest BCUT2D eigenvalue weighted by atomic mass is 10.1. The number of anilines is 3. The van der Waals surface area contributed by atoms with E-state index in [-0.39, 0.29) is 0 Å². The number of carbonyl (C=O) groups excluding carboxylic acids is 1. The molecular weight excluding hydrogens is 326 g/mol.